The van der Waals surface area contributed by atoms with Crippen LogP contribution in [0.1, 0.15) is 75.8 Å². The third-order valence-electron chi connectivity index (χ3n) is 6.05. The molecule has 0 radical (unpaired) electrons. The van der Waals surface area contributed by atoms with E-state index in [2.05, 4.69) is 11.4 Å². The standard InChI is InChI=1S/C28H41FNO6P/c1-2-3-4-5-6-7-8-9-20-35-27-12-10-11-24(22-27)15-18-28(31)30(19-21-36-37(32,33)34)23-25-13-16-26(29)17-14-25/h10-14,16-17,22H,2-9,15,18-21,23H2,1H3,(H2,32,33,34). The lowest BCUT2D eigenvalue weighted by Crippen LogP contribution is -2.33. The van der Waals surface area contributed by atoms with Crippen LogP contribution >= 0.6 is 7.82 Å². The summed E-state index contributed by atoms with van der Waals surface area (Å²) in [5.74, 6) is 0.214. The van der Waals surface area contributed by atoms with Gasteiger partial charge in [-0.2, -0.15) is 0 Å². The van der Waals surface area contributed by atoms with Crippen molar-refractivity contribution in [1.82, 2.24) is 4.90 Å². The van der Waals surface area contributed by atoms with E-state index >= 15 is 0 Å². The van der Waals surface area contributed by atoms with Gasteiger partial charge in [0.1, 0.15) is 11.6 Å². The van der Waals surface area contributed by atoms with E-state index in [1.807, 2.05) is 24.3 Å². The molecule has 2 rings (SSSR count). The van der Waals surface area contributed by atoms with Crippen molar-refractivity contribution in [2.75, 3.05) is 19.8 Å². The molecule has 2 aromatic carbocycles. The second-order valence-corrected chi connectivity index (χ2v) is 10.5. The Hall–Kier alpha value is -2.25. The summed E-state index contributed by atoms with van der Waals surface area (Å²) in [5, 5.41) is 0. The van der Waals surface area contributed by atoms with Gasteiger partial charge in [-0.1, -0.05) is 76.1 Å². The number of carbonyl (C=O) groups excluding carboxylic acids is 1. The highest BCUT2D eigenvalue weighted by Crippen LogP contribution is 2.35. The maximum Gasteiger partial charge on any atom is 0.469 e. The van der Waals surface area contributed by atoms with Gasteiger partial charge < -0.3 is 19.4 Å². The molecule has 0 atom stereocenters. The average molecular weight is 538 g/mol. The Morgan fingerprint density at radius 2 is 1.59 bits per heavy atom. The number of phosphoric acid groups is 1. The van der Waals surface area contributed by atoms with Crippen molar-refractivity contribution in [1.29, 1.82) is 0 Å². The molecule has 0 aliphatic carbocycles. The minimum absolute atomic E-state index is 0.00305. The van der Waals surface area contributed by atoms with Gasteiger partial charge in [0.15, 0.2) is 0 Å². The number of nitrogens with zero attached hydrogens (tertiary/aromatic N) is 1. The van der Waals surface area contributed by atoms with Crippen LogP contribution in [0.25, 0.3) is 0 Å². The smallest absolute Gasteiger partial charge is 0.469 e. The van der Waals surface area contributed by atoms with Crippen LogP contribution < -0.4 is 4.74 Å². The Morgan fingerprint density at radius 1 is 0.919 bits per heavy atom. The Morgan fingerprint density at radius 3 is 2.27 bits per heavy atom. The van der Waals surface area contributed by atoms with Gasteiger partial charge in [0.25, 0.3) is 0 Å². The summed E-state index contributed by atoms with van der Waals surface area (Å²) in [4.78, 5) is 32.3. The molecule has 2 N–H and O–H groups in total. The van der Waals surface area contributed by atoms with Crippen LogP contribution in [0.4, 0.5) is 4.39 Å². The quantitative estimate of drug-likeness (QED) is 0.159. The van der Waals surface area contributed by atoms with E-state index in [1.165, 1.54) is 55.6 Å². The summed E-state index contributed by atoms with van der Waals surface area (Å²) in [6.07, 6.45) is 10.6. The van der Waals surface area contributed by atoms with Crippen LogP contribution in [-0.4, -0.2) is 40.4 Å². The lowest BCUT2D eigenvalue weighted by Gasteiger charge is -2.23. The predicted octanol–water partition coefficient (Wildman–Crippen LogP) is 6.42. The molecule has 0 bridgehead atoms. The van der Waals surface area contributed by atoms with Crippen molar-refractivity contribution in [2.24, 2.45) is 0 Å². The molecule has 0 saturated heterocycles. The van der Waals surface area contributed by atoms with Crippen molar-refractivity contribution in [3.05, 3.63) is 65.5 Å². The lowest BCUT2D eigenvalue weighted by molar-refractivity contribution is -0.132. The zero-order chi connectivity index (χ0) is 26.9. The highest BCUT2D eigenvalue weighted by atomic mass is 31.2. The molecule has 206 valence electrons. The summed E-state index contributed by atoms with van der Waals surface area (Å²) in [7, 11) is -4.63. The van der Waals surface area contributed by atoms with E-state index in [4.69, 9.17) is 14.5 Å². The SMILES string of the molecule is CCCCCCCCCCOc1cccc(CCC(=O)N(CCOP(=O)(O)O)Cc2ccc(F)cc2)c1. The van der Waals surface area contributed by atoms with Gasteiger partial charge in [0.2, 0.25) is 5.91 Å². The number of amides is 1. The van der Waals surface area contributed by atoms with E-state index in [0.29, 0.717) is 18.6 Å². The molecule has 7 nitrogen and oxygen atoms in total. The van der Waals surface area contributed by atoms with Crippen LogP contribution in [0, 0.1) is 5.82 Å². The number of halogens is 1. The van der Waals surface area contributed by atoms with E-state index in [9.17, 15) is 13.8 Å². The predicted molar refractivity (Wildman–Crippen MR) is 143 cm³/mol. The lowest BCUT2D eigenvalue weighted by atomic mass is 10.1. The molecule has 1 amide bonds. The fourth-order valence-corrected chi connectivity index (χ4v) is 4.32. The number of rotatable bonds is 19. The third kappa shape index (κ3) is 14.3. The van der Waals surface area contributed by atoms with Gasteiger partial charge in [-0.25, -0.2) is 8.96 Å². The molecule has 37 heavy (non-hydrogen) atoms. The van der Waals surface area contributed by atoms with Crippen LogP contribution in [0.3, 0.4) is 0 Å². The van der Waals surface area contributed by atoms with Gasteiger partial charge >= 0.3 is 7.82 Å². The number of hydrogen-bond acceptors (Lipinski definition) is 4. The molecule has 9 heteroatoms. The summed E-state index contributed by atoms with van der Waals surface area (Å²) < 4.78 is 34.7. The van der Waals surface area contributed by atoms with Crippen molar-refractivity contribution >= 4 is 13.7 Å². The van der Waals surface area contributed by atoms with Crippen LogP contribution in [0.5, 0.6) is 5.75 Å². The maximum atomic E-state index is 13.2. The summed E-state index contributed by atoms with van der Waals surface area (Å²) >= 11 is 0. The van der Waals surface area contributed by atoms with E-state index in [1.54, 1.807) is 12.1 Å². The number of benzene rings is 2. The van der Waals surface area contributed by atoms with Crippen LogP contribution in [0.15, 0.2) is 48.5 Å². The molecule has 0 spiro atoms. The first-order valence-electron chi connectivity index (χ1n) is 13.2. The second-order valence-electron chi connectivity index (χ2n) is 9.24. The zero-order valence-corrected chi connectivity index (χ0v) is 22.7. The monoisotopic (exact) mass is 537 g/mol. The first-order chi connectivity index (χ1) is 17.8. The summed E-state index contributed by atoms with van der Waals surface area (Å²) in [6.45, 7) is 2.78. The largest absolute Gasteiger partial charge is 0.494 e. The number of unbranched alkanes of at least 4 members (excludes halogenated alkanes) is 7. The molecular weight excluding hydrogens is 496 g/mol. The zero-order valence-electron chi connectivity index (χ0n) is 21.8. The number of aryl methyl sites for hydroxylation is 1. The summed E-state index contributed by atoms with van der Waals surface area (Å²) in [6, 6.07) is 13.5. The van der Waals surface area contributed by atoms with E-state index in [-0.39, 0.29) is 37.8 Å². The normalized spacial score (nSPS) is 11.5. The summed E-state index contributed by atoms with van der Waals surface area (Å²) in [5.41, 5.74) is 1.68. The number of ether oxygens (including phenoxy) is 1. The van der Waals surface area contributed by atoms with Crippen molar-refractivity contribution in [3.8, 4) is 5.75 Å². The van der Waals surface area contributed by atoms with Gasteiger partial charge in [-0.3, -0.25) is 9.32 Å². The molecule has 0 saturated carbocycles. The number of carbonyl (C=O) groups is 1. The highest BCUT2D eigenvalue weighted by molar-refractivity contribution is 7.46. The second kappa shape index (κ2) is 17.3. The fourth-order valence-electron chi connectivity index (χ4n) is 4.00. The molecule has 0 unspecified atom stereocenters. The Bertz CT molecular complexity index is 965. The molecular formula is C28H41FNO6P. The Balaban J connectivity index is 1.81. The van der Waals surface area contributed by atoms with Gasteiger partial charge in [0.05, 0.1) is 13.2 Å². The van der Waals surface area contributed by atoms with Gasteiger partial charge in [-0.05, 0) is 48.2 Å². The topological polar surface area (TPSA) is 96.3 Å². The fraction of sp³-hybridized carbons (Fsp3) is 0.536. The molecule has 0 aromatic heterocycles. The number of hydrogen-bond donors (Lipinski definition) is 2. The maximum absolute atomic E-state index is 13.2. The van der Waals surface area contributed by atoms with Crippen molar-refractivity contribution < 1.29 is 32.8 Å². The number of phosphoric ester groups is 1. The van der Waals surface area contributed by atoms with Crippen LogP contribution in [-0.2, 0) is 26.8 Å². The first kappa shape index (κ1) is 31.0. The minimum atomic E-state index is -4.63. The highest BCUT2D eigenvalue weighted by Gasteiger charge is 2.18. The van der Waals surface area contributed by atoms with Crippen molar-refractivity contribution in [3.63, 3.8) is 0 Å². The molecule has 0 aliphatic rings. The molecule has 2 aromatic rings. The Labute approximate surface area is 220 Å². The molecule has 0 heterocycles. The first-order valence-corrected chi connectivity index (χ1v) is 14.7. The van der Waals surface area contributed by atoms with Gasteiger partial charge in [-0.15, -0.1) is 0 Å². The van der Waals surface area contributed by atoms with Crippen molar-refractivity contribution in [2.45, 2.75) is 77.7 Å². The molecule has 0 aliphatic heterocycles. The van der Waals surface area contributed by atoms with E-state index < -0.39 is 7.82 Å². The third-order valence-corrected chi connectivity index (χ3v) is 6.57. The van der Waals surface area contributed by atoms with Gasteiger partial charge in [0, 0.05) is 19.5 Å². The van der Waals surface area contributed by atoms with E-state index in [0.717, 1.165) is 24.2 Å². The average Bonchev–Trinajstić information content (AvgIpc) is 2.86. The Kier molecular flexibility index (Phi) is 14.5. The van der Waals surface area contributed by atoms with Crippen LogP contribution in [0.2, 0.25) is 0 Å². The molecule has 0 fully saturated rings. The minimum Gasteiger partial charge on any atom is -0.494 e.